The van der Waals surface area contributed by atoms with Crippen molar-refractivity contribution in [1.82, 2.24) is 20.1 Å². The molecule has 1 aliphatic heterocycles. The number of piperazine rings is 1. The van der Waals surface area contributed by atoms with Crippen LogP contribution in [0.1, 0.15) is 44.1 Å². The Morgan fingerprint density at radius 1 is 0.833 bits per heavy atom. The van der Waals surface area contributed by atoms with Gasteiger partial charge in [0.2, 0.25) is 5.91 Å². The van der Waals surface area contributed by atoms with Gasteiger partial charge in [-0.25, -0.2) is 9.78 Å². The summed E-state index contributed by atoms with van der Waals surface area (Å²) in [5.74, 6) is -1.30. The summed E-state index contributed by atoms with van der Waals surface area (Å²) in [6.07, 6.45) is 0.0114. The Morgan fingerprint density at radius 3 is 2.10 bits per heavy atom. The molecule has 2 aromatic carbocycles. The number of hydrogen-bond acceptors (Lipinski definition) is 6. The number of pyridine rings is 1. The Bertz CT molecular complexity index is 1380. The number of nitrogens with one attached hydrogen (secondary N) is 2. The molecular formula is C32H37N5O5. The average Bonchev–Trinajstić information content (AvgIpc) is 2.99. The van der Waals surface area contributed by atoms with Crippen LogP contribution < -0.4 is 10.6 Å². The number of hydrogen-bond donors (Lipinski definition) is 2. The molecule has 4 amide bonds. The molecule has 2 heterocycles. The monoisotopic (exact) mass is 571 g/mol. The predicted molar refractivity (Wildman–Crippen MR) is 160 cm³/mol. The fourth-order valence-corrected chi connectivity index (χ4v) is 4.55. The van der Waals surface area contributed by atoms with Crippen LogP contribution in [0.25, 0.3) is 11.3 Å². The molecule has 0 saturated carbocycles. The second-order valence-electron chi connectivity index (χ2n) is 11.0. The van der Waals surface area contributed by atoms with Gasteiger partial charge in [-0.1, -0.05) is 54.6 Å². The highest BCUT2D eigenvalue weighted by atomic mass is 16.6. The highest BCUT2D eigenvalue weighted by Crippen LogP contribution is 2.18. The molecule has 4 rings (SSSR count). The first-order valence-corrected chi connectivity index (χ1v) is 14.0. The summed E-state index contributed by atoms with van der Waals surface area (Å²) in [5.41, 5.74) is 1.67. The Balaban J connectivity index is 1.42. The third kappa shape index (κ3) is 8.63. The molecule has 10 heteroatoms. The minimum absolute atomic E-state index is 0.0507. The lowest BCUT2D eigenvalue weighted by molar-refractivity contribution is -0.155. The molecule has 1 fully saturated rings. The van der Waals surface area contributed by atoms with E-state index in [1.54, 1.807) is 54.8 Å². The molecule has 1 aromatic heterocycles. The number of esters is 1. The molecule has 42 heavy (non-hydrogen) atoms. The van der Waals surface area contributed by atoms with Crippen LogP contribution in [-0.2, 0) is 14.3 Å². The standard InChI is InChI=1S/C32H37N5O5/c1-32(2,3)42-28(38)18-17-27(35-29(39)26-16-10-15-25(34-26)23-11-6-4-7-12-23)30(40)36-19-21-37(22-20-36)31(41)33-24-13-8-5-9-14-24/h4-16,27H,17-22H2,1-3H3,(H,33,41)(H,35,39)/t27-/m0/s1. The summed E-state index contributed by atoms with van der Waals surface area (Å²) >= 11 is 0. The molecule has 220 valence electrons. The fraction of sp³-hybridized carbons (Fsp3) is 0.344. The molecule has 0 bridgehead atoms. The van der Waals surface area contributed by atoms with Gasteiger partial charge in [-0.3, -0.25) is 14.4 Å². The van der Waals surface area contributed by atoms with Gasteiger partial charge >= 0.3 is 12.0 Å². The molecule has 1 aliphatic rings. The van der Waals surface area contributed by atoms with Gasteiger partial charge in [-0.2, -0.15) is 0 Å². The number of nitrogens with zero attached hydrogens (tertiary/aromatic N) is 3. The molecule has 2 N–H and O–H groups in total. The normalized spacial score (nSPS) is 14.1. The number of aromatic nitrogens is 1. The van der Waals surface area contributed by atoms with Crippen LogP contribution >= 0.6 is 0 Å². The van der Waals surface area contributed by atoms with Crippen molar-refractivity contribution in [2.75, 3.05) is 31.5 Å². The molecule has 10 nitrogen and oxygen atoms in total. The number of para-hydroxylation sites is 1. The highest BCUT2D eigenvalue weighted by molar-refractivity contribution is 5.97. The predicted octanol–water partition coefficient (Wildman–Crippen LogP) is 4.35. The fourth-order valence-electron chi connectivity index (χ4n) is 4.55. The van der Waals surface area contributed by atoms with Gasteiger partial charge < -0.3 is 25.2 Å². The number of anilines is 1. The summed E-state index contributed by atoms with van der Waals surface area (Å²) < 4.78 is 5.42. The zero-order valence-electron chi connectivity index (χ0n) is 24.2. The number of amides is 4. The number of benzene rings is 2. The third-order valence-corrected chi connectivity index (χ3v) is 6.62. The molecule has 0 unspecified atom stereocenters. The topological polar surface area (TPSA) is 121 Å². The van der Waals surface area contributed by atoms with Crippen LogP contribution in [0.5, 0.6) is 0 Å². The van der Waals surface area contributed by atoms with E-state index >= 15 is 0 Å². The first kappa shape index (κ1) is 30.2. The van der Waals surface area contributed by atoms with Crippen LogP contribution in [0, 0.1) is 0 Å². The lowest BCUT2D eigenvalue weighted by Gasteiger charge is -2.36. The van der Waals surface area contributed by atoms with Crippen molar-refractivity contribution < 1.29 is 23.9 Å². The Hall–Kier alpha value is -4.73. The summed E-state index contributed by atoms with van der Waals surface area (Å²) in [5, 5.41) is 5.66. The van der Waals surface area contributed by atoms with Crippen molar-refractivity contribution in [1.29, 1.82) is 0 Å². The minimum Gasteiger partial charge on any atom is -0.460 e. The Morgan fingerprint density at radius 2 is 1.45 bits per heavy atom. The van der Waals surface area contributed by atoms with Gasteiger partial charge in [-0.05, 0) is 51.5 Å². The maximum absolute atomic E-state index is 13.6. The molecule has 0 spiro atoms. The molecular weight excluding hydrogens is 534 g/mol. The number of ether oxygens (including phenoxy) is 1. The lowest BCUT2D eigenvalue weighted by atomic mass is 10.1. The Kier molecular flexibility index (Phi) is 9.90. The lowest BCUT2D eigenvalue weighted by Crippen LogP contribution is -2.56. The van der Waals surface area contributed by atoms with E-state index < -0.39 is 23.5 Å². The van der Waals surface area contributed by atoms with E-state index in [-0.39, 0.29) is 30.5 Å². The van der Waals surface area contributed by atoms with Gasteiger partial charge in [0, 0.05) is 43.9 Å². The SMILES string of the molecule is CC(C)(C)OC(=O)CC[C@H](NC(=O)c1cccc(-c2ccccc2)n1)C(=O)N1CCN(C(=O)Nc2ccccc2)CC1. The van der Waals surface area contributed by atoms with Crippen LogP contribution in [0.15, 0.2) is 78.9 Å². The van der Waals surface area contributed by atoms with Gasteiger partial charge in [0.25, 0.3) is 5.91 Å². The zero-order valence-corrected chi connectivity index (χ0v) is 24.2. The van der Waals surface area contributed by atoms with E-state index in [4.69, 9.17) is 4.74 Å². The Labute approximate surface area is 246 Å². The van der Waals surface area contributed by atoms with E-state index in [2.05, 4.69) is 15.6 Å². The third-order valence-electron chi connectivity index (χ3n) is 6.62. The largest absolute Gasteiger partial charge is 0.460 e. The van der Waals surface area contributed by atoms with Crippen molar-refractivity contribution in [3.63, 3.8) is 0 Å². The molecule has 1 saturated heterocycles. The first-order valence-electron chi connectivity index (χ1n) is 14.0. The van der Waals surface area contributed by atoms with Crippen molar-refractivity contribution >= 4 is 29.5 Å². The van der Waals surface area contributed by atoms with Crippen LogP contribution in [0.3, 0.4) is 0 Å². The number of carbonyl (C=O) groups is 4. The molecule has 0 radical (unpaired) electrons. The van der Waals surface area contributed by atoms with E-state index in [0.29, 0.717) is 37.6 Å². The quantitative estimate of drug-likeness (QED) is 0.388. The summed E-state index contributed by atoms with van der Waals surface area (Å²) in [7, 11) is 0. The van der Waals surface area contributed by atoms with E-state index in [1.807, 2.05) is 54.6 Å². The van der Waals surface area contributed by atoms with Crippen LogP contribution in [-0.4, -0.2) is 76.4 Å². The number of carbonyl (C=O) groups excluding carboxylic acids is 4. The first-order chi connectivity index (χ1) is 20.1. The van der Waals surface area contributed by atoms with E-state index in [0.717, 1.165) is 5.56 Å². The van der Waals surface area contributed by atoms with Gasteiger partial charge in [0.05, 0.1) is 5.69 Å². The van der Waals surface area contributed by atoms with Gasteiger partial charge in [0.1, 0.15) is 17.3 Å². The van der Waals surface area contributed by atoms with E-state index in [1.165, 1.54) is 0 Å². The van der Waals surface area contributed by atoms with Gasteiger partial charge in [0.15, 0.2) is 0 Å². The molecule has 3 aromatic rings. The van der Waals surface area contributed by atoms with Crippen molar-refractivity contribution in [2.45, 2.75) is 45.3 Å². The summed E-state index contributed by atoms with van der Waals surface area (Å²) in [4.78, 5) is 59.8. The van der Waals surface area contributed by atoms with Crippen molar-refractivity contribution in [3.05, 3.63) is 84.6 Å². The minimum atomic E-state index is -0.975. The van der Waals surface area contributed by atoms with E-state index in [9.17, 15) is 19.2 Å². The average molecular weight is 572 g/mol. The molecule has 0 aliphatic carbocycles. The van der Waals surface area contributed by atoms with Crippen LogP contribution in [0.2, 0.25) is 0 Å². The summed E-state index contributed by atoms with van der Waals surface area (Å²) in [6.45, 7) is 6.56. The van der Waals surface area contributed by atoms with Gasteiger partial charge in [-0.15, -0.1) is 0 Å². The smallest absolute Gasteiger partial charge is 0.321 e. The second kappa shape index (κ2) is 13.8. The number of rotatable bonds is 8. The second-order valence-corrected chi connectivity index (χ2v) is 11.0. The number of urea groups is 1. The van der Waals surface area contributed by atoms with Crippen molar-refractivity contribution in [2.24, 2.45) is 0 Å². The van der Waals surface area contributed by atoms with Crippen LogP contribution in [0.4, 0.5) is 10.5 Å². The zero-order chi connectivity index (χ0) is 30.1. The maximum Gasteiger partial charge on any atom is 0.321 e. The van der Waals surface area contributed by atoms with Crippen molar-refractivity contribution in [3.8, 4) is 11.3 Å². The highest BCUT2D eigenvalue weighted by Gasteiger charge is 2.31. The maximum atomic E-state index is 13.6. The molecule has 1 atom stereocenters. The summed E-state index contributed by atoms with van der Waals surface area (Å²) in [6, 6.07) is 22.5.